The van der Waals surface area contributed by atoms with Gasteiger partial charge in [-0.2, -0.15) is 0 Å². The summed E-state index contributed by atoms with van der Waals surface area (Å²) in [5.41, 5.74) is 0. The Labute approximate surface area is 101 Å². The molecule has 0 bridgehead atoms. The molecule has 0 amide bonds. The molecule has 2 heteroatoms. The molecule has 2 rings (SSSR count). The van der Waals surface area contributed by atoms with E-state index in [0.717, 1.165) is 12.0 Å². The van der Waals surface area contributed by atoms with Crippen LogP contribution in [0.25, 0.3) is 0 Å². The molecule has 0 aromatic rings. The third kappa shape index (κ3) is 2.78. The van der Waals surface area contributed by atoms with Gasteiger partial charge < -0.3 is 5.32 Å². The van der Waals surface area contributed by atoms with Crippen molar-refractivity contribution in [2.75, 3.05) is 20.1 Å². The van der Waals surface area contributed by atoms with E-state index in [1.165, 1.54) is 58.0 Å². The van der Waals surface area contributed by atoms with Crippen LogP contribution in [0.2, 0.25) is 0 Å². The Morgan fingerprint density at radius 2 is 1.94 bits per heavy atom. The van der Waals surface area contributed by atoms with E-state index < -0.39 is 0 Å². The lowest BCUT2D eigenvalue weighted by Gasteiger charge is -2.45. The van der Waals surface area contributed by atoms with Crippen molar-refractivity contribution < 1.29 is 0 Å². The molecule has 3 atom stereocenters. The zero-order valence-corrected chi connectivity index (χ0v) is 11.0. The lowest BCUT2D eigenvalue weighted by Crippen LogP contribution is -2.51. The summed E-state index contributed by atoms with van der Waals surface area (Å²) in [6.07, 6.45) is 10.1. The van der Waals surface area contributed by atoms with Gasteiger partial charge in [0.2, 0.25) is 0 Å². The highest BCUT2D eigenvalue weighted by atomic mass is 15.2. The van der Waals surface area contributed by atoms with Gasteiger partial charge in [-0.25, -0.2) is 0 Å². The number of fused-ring (bicyclic) bond motifs is 1. The number of hydrogen-bond donors (Lipinski definition) is 1. The van der Waals surface area contributed by atoms with Gasteiger partial charge >= 0.3 is 0 Å². The summed E-state index contributed by atoms with van der Waals surface area (Å²) in [5.74, 6) is 1.02. The van der Waals surface area contributed by atoms with E-state index in [9.17, 15) is 0 Å². The van der Waals surface area contributed by atoms with Crippen LogP contribution >= 0.6 is 0 Å². The van der Waals surface area contributed by atoms with Crippen molar-refractivity contribution in [2.45, 2.75) is 64.0 Å². The van der Waals surface area contributed by atoms with E-state index in [1.54, 1.807) is 0 Å². The van der Waals surface area contributed by atoms with Gasteiger partial charge in [0.15, 0.2) is 0 Å². The molecular formula is C14H28N2. The number of likely N-dealkylation sites (N-methyl/N-ethyl adjacent to an activating group) is 1. The molecule has 1 aliphatic heterocycles. The first kappa shape index (κ1) is 12.4. The molecule has 1 saturated carbocycles. The van der Waals surface area contributed by atoms with E-state index in [0.29, 0.717) is 6.04 Å². The van der Waals surface area contributed by atoms with Gasteiger partial charge in [0.1, 0.15) is 0 Å². The van der Waals surface area contributed by atoms with Crippen molar-refractivity contribution in [3.63, 3.8) is 0 Å². The van der Waals surface area contributed by atoms with Crippen molar-refractivity contribution in [3.8, 4) is 0 Å². The van der Waals surface area contributed by atoms with Crippen LogP contribution in [0.5, 0.6) is 0 Å². The molecule has 0 aromatic carbocycles. The van der Waals surface area contributed by atoms with Crippen LogP contribution in [0.3, 0.4) is 0 Å². The number of nitrogens with zero attached hydrogens (tertiary/aromatic N) is 1. The van der Waals surface area contributed by atoms with E-state index in [1.807, 2.05) is 0 Å². The van der Waals surface area contributed by atoms with Crippen LogP contribution in [0.15, 0.2) is 0 Å². The second kappa shape index (κ2) is 6.02. The Balaban J connectivity index is 1.91. The standard InChI is InChI=1S/C14H28N2/c1-3-13(15-2)11-16-10-6-8-12-7-4-5-9-14(12)16/h12-15H,3-11H2,1-2H3. The van der Waals surface area contributed by atoms with Gasteiger partial charge in [-0.3, -0.25) is 4.90 Å². The molecule has 0 radical (unpaired) electrons. The van der Waals surface area contributed by atoms with Crippen LogP contribution in [-0.2, 0) is 0 Å². The fourth-order valence-corrected chi connectivity index (χ4v) is 3.66. The molecule has 1 saturated heterocycles. The minimum atomic E-state index is 0.695. The summed E-state index contributed by atoms with van der Waals surface area (Å²) in [5, 5.41) is 3.45. The predicted octanol–water partition coefficient (Wildman–Crippen LogP) is 2.64. The Hall–Kier alpha value is -0.0800. The van der Waals surface area contributed by atoms with Crippen LogP contribution in [0, 0.1) is 5.92 Å². The zero-order valence-electron chi connectivity index (χ0n) is 11.0. The van der Waals surface area contributed by atoms with Crippen molar-refractivity contribution >= 4 is 0 Å². The number of piperidine rings is 1. The summed E-state index contributed by atoms with van der Waals surface area (Å²) >= 11 is 0. The fourth-order valence-electron chi connectivity index (χ4n) is 3.66. The third-order valence-electron chi connectivity index (χ3n) is 4.71. The fraction of sp³-hybridized carbons (Fsp3) is 1.00. The van der Waals surface area contributed by atoms with Gasteiger partial charge in [-0.1, -0.05) is 19.8 Å². The average Bonchev–Trinajstić information content (AvgIpc) is 2.36. The molecule has 0 spiro atoms. The zero-order chi connectivity index (χ0) is 11.4. The quantitative estimate of drug-likeness (QED) is 0.790. The van der Waals surface area contributed by atoms with E-state index in [-0.39, 0.29) is 0 Å². The van der Waals surface area contributed by atoms with Gasteiger partial charge in [0, 0.05) is 18.6 Å². The highest BCUT2D eigenvalue weighted by molar-refractivity contribution is 4.88. The first-order valence-corrected chi connectivity index (χ1v) is 7.26. The molecule has 2 fully saturated rings. The number of hydrogen-bond acceptors (Lipinski definition) is 2. The molecule has 2 aliphatic rings. The van der Waals surface area contributed by atoms with Crippen molar-refractivity contribution in [1.29, 1.82) is 0 Å². The van der Waals surface area contributed by atoms with Crippen molar-refractivity contribution in [2.24, 2.45) is 5.92 Å². The van der Waals surface area contributed by atoms with Crippen molar-refractivity contribution in [1.82, 2.24) is 10.2 Å². The molecule has 94 valence electrons. The lowest BCUT2D eigenvalue weighted by molar-refractivity contribution is 0.0533. The average molecular weight is 224 g/mol. The lowest BCUT2D eigenvalue weighted by atomic mass is 9.78. The molecule has 1 heterocycles. The highest BCUT2D eigenvalue weighted by Gasteiger charge is 2.33. The van der Waals surface area contributed by atoms with E-state index >= 15 is 0 Å². The van der Waals surface area contributed by atoms with Gasteiger partial charge in [-0.15, -0.1) is 0 Å². The second-order valence-electron chi connectivity index (χ2n) is 5.64. The normalized spacial score (nSPS) is 33.4. The van der Waals surface area contributed by atoms with E-state index in [2.05, 4.69) is 24.2 Å². The maximum Gasteiger partial charge on any atom is 0.0189 e. The maximum absolute atomic E-state index is 3.45. The largest absolute Gasteiger partial charge is 0.316 e. The molecule has 1 N–H and O–H groups in total. The molecule has 0 aromatic heterocycles. The van der Waals surface area contributed by atoms with Crippen LogP contribution in [0.1, 0.15) is 51.9 Å². The summed E-state index contributed by atoms with van der Waals surface area (Å²) in [4.78, 5) is 2.79. The first-order valence-electron chi connectivity index (χ1n) is 7.26. The van der Waals surface area contributed by atoms with Gasteiger partial charge in [0.05, 0.1) is 0 Å². The summed E-state index contributed by atoms with van der Waals surface area (Å²) in [6.45, 7) is 4.91. The maximum atomic E-state index is 3.45. The highest BCUT2D eigenvalue weighted by Crippen LogP contribution is 2.35. The minimum Gasteiger partial charge on any atom is -0.316 e. The Morgan fingerprint density at radius 1 is 1.19 bits per heavy atom. The van der Waals surface area contributed by atoms with Gasteiger partial charge in [0.25, 0.3) is 0 Å². The van der Waals surface area contributed by atoms with Crippen molar-refractivity contribution in [3.05, 3.63) is 0 Å². The SMILES string of the molecule is CCC(CN1CCCC2CCCCC21)NC. The number of likely N-dealkylation sites (tertiary alicyclic amines) is 1. The molecule has 1 aliphatic carbocycles. The Morgan fingerprint density at radius 3 is 2.69 bits per heavy atom. The Kier molecular flexibility index (Phi) is 4.66. The smallest absolute Gasteiger partial charge is 0.0189 e. The third-order valence-corrected chi connectivity index (χ3v) is 4.71. The molecule has 2 nitrogen and oxygen atoms in total. The number of rotatable bonds is 4. The Bertz CT molecular complexity index is 199. The van der Waals surface area contributed by atoms with Crippen LogP contribution in [0.4, 0.5) is 0 Å². The molecule has 3 unspecified atom stereocenters. The monoisotopic (exact) mass is 224 g/mol. The second-order valence-corrected chi connectivity index (χ2v) is 5.64. The van der Waals surface area contributed by atoms with Crippen LogP contribution in [-0.4, -0.2) is 37.1 Å². The minimum absolute atomic E-state index is 0.695. The summed E-state index contributed by atoms with van der Waals surface area (Å²) in [6, 6.07) is 1.62. The van der Waals surface area contributed by atoms with Crippen LogP contribution < -0.4 is 5.32 Å². The molecule has 16 heavy (non-hydrogen) atoms. The summed E-state index contributed by atoms with van der Waals surface area (Å²) in [7, 11) is 2.11. The van der Waals surface area contributed by atoms with E-state index in [4.69, 9.17) is 0 Å². The summed E-state index contributed by atoms with van der Waals surface area (Å²) < 4.78 is 0. The molecular weight excluding hydrogens is 196 g/mol. The predicted molar refractivity (Wildman–Crippen MR) is 69.7 cm³/mol. The first-order chi connectivity index (χ1) is 7.85. The topological polar surface area (TPSA) is 15.3 Å². The number of nitrogens with one attached hydrogen (secondary N) is 1. The van der Waals surface area contributed by atoms with Gasteiger partial charge in [-0.05, 0) is 51.6 Å².